The summed E-state index contributed by atoms with van der Waals surface area (Å²) in [5.74, 6) is -1.29. The van der Waals surface area contributed by atoms with Crippen LogP contribution in [0.4, 0.5) is 0 Å². The molecule has 11 nitrogen and oxygen atoms in total. The molecule has 11 heteroatoms. The van der Waals surface area contributed by atoms with Gasteiger partial charge in [-0.05, 0) is 32.7 Å². The molecule has 0 aromatic heterocycles. The fourth-order valence-corrected chi connectivity index (χ4v) is 2.21. The first-order valence-electron chi connectivity index (χ1n) is 11.0. The van der Waals surface area contributed by atoms with E-state index in [1.165, 1.54) is 7.05 Å². The first-order valence-corrected chi connectivity index (χ1v) is 11.0. The van der Waals surface area contributed by atoms with Gasteiger partial charge in [-0.15, -0.1) is 5.06 Å². The second-order valence-corrected chi connectivity index (χ2v) is 6.52. The number of aliphatic hydroxyl groups excluding tert-OH is 2. The number of imide groups is 1. The van der Waals surface area contributed by atoms with Gasteiger partial charge in [0.05, 0.1) is 6.42 Å². The highest BCUT2D eigenvalue weighted by Crippen LogP contribution is 2.12. The normalized spacial score (nSPS) is 10.9. The van der Waals surface area contributed by atoms with Gasteiger partial charge in [0, 0.05) is 65.3 Å². The molecule has 0 radical (unpaired) electrons. The quantitative estimate of drug-likeness (QED) is 0.193. The number of ketones is 1. The Bertz CT molecular complexity index is 502. The molecule has 1 fully saturated rings. The van der Waals surface area contributed by atoms with E-state index in [1.807, 2.05) is 6.92 Å². The standard InChI is InChI=1S/C11H17NO6.C9H18O3.CH5N.5CH4/c13-6-2-8-17-7-1-3-11(16)18-12-9(14)4-5-10(12)15;1-2-9(11)5-3-7-12-8-4-6-10;1-2;;;;;/h13H,1-8H2;10H,2-8H2,1H3;2H2,1H3;5*1H4. The van der Waals surface area contributed by atoms with E-state index in [2.05, 4.69) is 10.6 Å². The summed E-state index contributed by atoms with van der Waals surface area (Å²) in [6.45, 7) is 4.15. The Balaban J connectivity index is -0.0000000850. The van der Waals surface area contributed by atoms with Crippen molar-refractivity contribution in [3.63, 3.8) is 0 Å². The molecule has 0 saturated carbocycles. The zero-order valence-electron chi connectivity index (χ0n) is 19.4. The Morgan fingerprint density at radius 2 is 1.14 bits per heavy atom. The minimum Gasteiger partial charge on any atom is -0.396 e. The molecule has 1 heterocycles. The Labute approximate surface area is 227 Å². The van der Waals surface area contributed by atoms with Gasteiger partial charge in [-0.2, -0.15) is 0 Å². The lowest BCUT2D eigenvalue weighted by Gasteiger charge is -2.12. The van der Waals surface area contributed by atoms with Gasteiger partial charge in [0.15, 0.2) is 0 Å². The topological polar surface area (TPSA) is 166 Å². The third-order valence-corrected chi connectivity index (χ3v) is 3.90. The minimum atomic E-state index is -0.621. The second-order valence-electron chi connectivity index (χ2n) is 6.52. The predicted octanol–water partition coefficient (Wildman–Crippen LogP) is 3.67. The van der Waals surface area contributed by atoms with Gasteiger partial charge >= 0.3 is 5.97 Å². The summed E-state index contributed by atoms with van der Waals surface area (Å²) in [5, 5.41) is 17.4. The van der Waals surface area contributed by atoms with E-state index < -0.39 is 17.8 Å². The lowest BCUT2D eigenvalue weighted by molar-refractivity contribution is -0.197. The van der Waals surface area contributed by atoms with E-state index in [9.17, 15) is 19.2 Å². The number of ether oxygens (including phenoxy) is 2. The lowest BCUT2D eigenvalue weighted by Crippen LogP contribution is -2.32. The van der Waals surface area contributed by atoms with Crippen molar-refractivity contribution in [3.05, 3.63) is 0 Å². The highest BCUT2D eigenvalue weighted by Gasteiger charge is 2.32. The van der Waals surface area contributed by atoms with Gasteiger partial charge in [0.1, 0.15) is 5.78 Å². The number of nitrogens with two attached hydrogens (primary N) is 1. The molecule has 1 rings (SSSR count). The molecule has 4 N–H and O–H groups in total. The van der Waals surface area contributed by atoms with Crippen LogP contribution in [0.1, 0.15) is 102 Å². The molecule has 0 aromatic carbocycles. The first-order chi connectivity index (χ1) is 15.5. The van der Waals surface area contributed by atoms with Gasteiger partial charge in [-0.25, -0.2) is 4.79 Å². The third kappa shape index (κ3) is 32.1. The monoisotopic (exact) mass is 544 g/mol. The Morgan fingerprint density at radius 3 is 1.51 bits per heavy atom. The van der Waals surface area contributed by atoms with Crippen LogP contribution in [0.3, 0.4) is 0 Å². The van der Waals surface area contributed by atoms with Crippen LogP contribution in [-0.2, 0) is 33.5 Å². The van der Waals surface area contributed by atoms with Crippen LogP contribution in [0.15, 0.2) is 0 Å². The van der Waals surface area contributed by atoms with E-state index >= 15 is 0 Å². The van der Waals surface area contributed by atoms with E-state index in [0.717, 1.165) is 6.42 Å². The molecule has 0 aliphatic carbocycles. The molecule has 1 saturated heterocycles. The first kappa shape index (κ1) is 51.7. The number of hydrogen-bond acceptors (Lipinski definition) is 10. The molecular formula is C26H60N2O9. The highest BCUT2D eigenvalue weighted by atomic mass is 16.7. The number of hydrogen-bond donors (Lipinski definition) is 3. The van der Waals surface area contributed by atoms with Crippen LogP contribution in [0.25, 0.3) is 0 Å². The second kappa shape index (κ2) is 38.6. The zero-order valence-corrected chi connectivity index (χ0v) is 19.4. The van der Waals surface area contributed by atoms with Crippen LogP contribution < -0.4 is 5.73 Å². The van der Waals surface area contributed by atoms with E-state index in [4.69, 9.17) is 19.7 Å². The van der Waals surface area contributed by atoms with Gasteiger partial charge in [0.2, 0.25) is 0 Å². The van der Waals surface area contributed by atoms with Crippen molar-refractivity contribution >= 4 is 23.6 Å². The molecule has 0 unspecified atom stereocenters. The number of nitrogens with zero attached hydrogens (tertiary/aromatic N) is 1. The maximum Gasteiger partial charge on any atom is 0.333 e. The Kier molecular flexibility index (Phi) is 53.9. The van der Waals surface area contributed by atoms with Crippen LogP contribution in [-0.4, -0.2) is 85.5 Å². The van der Waals surface area contributed by atoms with Crippen LogP contribution >= 0.6 is 0 Å². The van der Waals surface area contributed by atoms with Crippen LogP contribution in [0, 0.1) is 0 Å². The number of carbonyl (C=O) groups excluding carboxylic acids is 4. The molecule has 0 spiro atoms. The molecule has 1 aliphatic rings. The lowest BCUT2D eigenvalue weighted by atomic mass is 10.2. The predicted molar refractivity (Wildman–Crippen MR) is 150 cm³/mol. The Morgan fingerprint density at radius 1 is 0.757 bits per heavy atom. The molecule has 0 atom stereocenters. The zero-order chi connectivity index (χ0) is 24.6. The molecule has 0 bridgehead atoms. The number of Topliss-reactive ketones (excluding diaryl/α,β-unsaturated/α-hetero) is 1. The summed E-state index contributed by atoms with van der Waals surface area (Å²) >= 11 is 0. The minimum absolute atomic E-state index is 0. The fraction of sp³-hybridized carbons (Fsp3) is 0.846. The van der Waals surface area contributed by atoms with Crippen molar-refractivity contribution < 1.29 is 43.7 Å². The maximum absolute atomic E-state index is 11.3. The van der Waals surface area contributed by atoms with Gasteiger partial charge in [-0.3, -0.25) is 14.4 Å². The molecular weight excluding hydrogens is 484 g/mol. The summed E-state index contributed by atoms with van der Waals surface area (Å²) in [4.78, 5) is 49.1. The molecule has 2 amide bonds. The van der Waals surface area contributed by atoms with Crippen molar-refractivity contribution in [2.24, 2.45) is 5.73 Å². The highest BCUT2D eigenvalue weighted by molar-refractivity contribution is 6.01. The maximum atomic E-state index is 11.3. The number of amides is 2. The summed E-state index contributed by atoms with van der Waals surface area (Å²) in [7, 11) is 1.50. The van der Waals surface area contributed by atoms with Gasteiger partial charge in [0.25, 0.3) is 11.8 Å². The fourth-order valence-electron chi connectivity index (χ4n) is 2.21. The summed E-state index contributed by atoms with van der Waals surface area (Å²) in [6.07, 6.45) is 4.00. The van der Waals surface area contributed by atoms with E-state index in [1.54, 1.807) is 0 Å². The van der Waals surface area contributed by atoms with Crippen molar-refractivity contribution in [1.29, 1.82) is 0 Å². The molecule has 0 aromatic rings. The summed E-state index contributed by atoms with van der Waals surface area (Å²) in [6, 6.07) is 0. The third-order valence-electron chi connectivity index (χ3n) is 3.90. The number of carbonyl (C=O) groups is 4. The van der Waals surface area contributed by atoms with E-state index in [0.29, 0.717) is 69.4 Å². The molecule has 228 valence electrons. The van der Waals surface area contributed by atoms with Crippen molar-refractivity contribution in [3.8, 4) is 0 Å². The van der Waals surface area contributed by atoms with Crippen LogP contribution in [0.5, 0.6) is 0 Å². The number of rotatable bonds is 16. The number of hydroxylamine groups is 2. The smallest absolute Gasteiger partial charge is 0.333 e. The van der Waals surface area contributed by atoms with Crippen molar-refractivity contribution in [2.75, 3.05) is 46.7 Å². The largest absolute Gasteiger partial charge is 0.396 e. The molecule has 37 heavy (non-hydrogen) atoms. The molecule has 1 aliphatic heterocycles. The average molecular weight is 545 g/mol. The van der Waals surface area contributed by atoms with Gasteiger partial charge < -0.3 is 30.3 Å². The van der Waals surface area contributed by atoms with Crippen molar-refractivity contribution in [2.45, 2.75) is 102 Å². The van der Waals surface area contributed by atoms with Crippen LogP contribution in [0.2, 0.25) is 0 Å². The van der Waals surface area contributed by atoms with E-state index in [-0.39, 0.29) is 69.6 Å². The SMILES string of the molecule is C.C.C.C.C.CCC(=O)CCCOCCCO.CN.O=C(CCCOCCCO)ON1C(=O)CCC1=O. The summed E-state index contributed by atoms with van der Waals surface area (Å²) < 4.78 is 10.3. The Hall–Kier alpha value is -1.92. The average Bonchev–Trinajstić information content (AvgIpc) is 3.12. The van der Waals surface area contributed by atoms with Crippen molar-refractivity contribution in [1.82, 2.24) is 5.06 Å². The summed E-state index contributed by atoms with van der Waals surface area (Å²) in [5.41, 5.74) is 4.50. The van der Waals surface area contributed by atoms with Gasteiger partial charge in [-0.1, -0.05) is 44.1 Å². The number of aliphatic hydroxyl groups is 2.